The lowest BCUT2D eigenvalue weighted by molar-refractivity contribution is 0.0963. The van der Waals surface area contributed by atoms with Crippen LogP contribution in [0.3, 0.4) is 0 Å². The number of nitrogens with one attached hydrogen (secondary N) is 1. The van der Waals surface area contributed by atoms with Crippen molar-refractivity contribution in [2.75, 3.05) is 7.05 Å². The maximum Gasteiger partial charge on any atom is 0.251 e. The molecular formula is C13H13NO2. The summed E-state index contributed by atoms with van der Waals surface area (Å²) in [6, 6.07) is 4.77. The fraction of sp³-hybridized carbons (Fsp3) is 0.231. The van der Waals surface area contributed by atoms with Gasteiger partial charge in [-0.15, -0.1) is 6.42 Å². The molecule has 3 nitrogen and oxygen atoms in total. The Morgan fingerprint density at radius 1 is 1.31 bits per heavy atom. The minimum absolute atomic E-state index is 0.0257. The molecule has 0 unspecified atom stereocenters. The molecule has 0 radical (unpaired) electrons. The lowest BCUT2D eigenvalue weighted by Crippen LogP contribution is -2.18. The van der Waals surface area contributed by atoms with Crippen molar-refractivity contribution in [1.82, 2.24) is 5.32 Å². The first-order chi connectivity index (χ1) is 7.62. The second-order valence-electron chi connectivity index (χ2n) is 3.30. The molecule has 0 saturated heterocycles. The predicted molar refractivity (Wildman–Crippen MR) is 62.4 cm³/mol. The normalized spacial score (nSPS) is 9.31. The Morgan fingerprint density at radius 3 is 2.44 bits per heavy atom. The van der Waals surface area contributed by atoms with Crippen molar-refractivity contribution < 1.29 is 9.59 Å². The Kier molecular flexibility index (Phi) is 3.84. The van der Waals surface area contributed by atoms with Crippen molar-refractivity contribution in [1.29, 1.82) is 0 Å². The molecule has 1 aromatic rings. The van der Waals surface area contributed by atoms with Gasteiger partial charge in [0.1, 0.15) is 0 Å². The van der Waals surface area contributed by atoms with E-state index in [1.807, 2.05) is 0 Å². The third kappa shape index (κ3) is 2.48. The zero-order chi connectivity index (χ0) is 12.1. The van der Waals surface area contributed by atoms with Crippen molar-refractivity contribution in [3.05, 3.63) is 34.9 Å². The molecule has 1 N–H and O–H groups in total. The summed E-state index contributed by atoms with van der Waals surface area (Å²) in [5, 5.41) is 2.50. The molecular weight excluding hydrogens is 202 g/mol. The molecule has 1 amide bonds. The van der Waals surface area contributed by atoms with Crippen LogP contribution in [0.25, 0.3) is 0 Å². The largest absolute Gasteiger partial charge is 0.355 e. The lowest BCUT2D eigenvalue weighted by atomic mass is 10.0. The fourth-order valence-electron chi connectivity index (χ4n) is 1.35. The van der Waals surface area contributed by atoms with Crippen molar-refractivity contribution in [2.24, 2.45) is 0 Å². The van der Waals surface area contributed by atoms with E-state index in [4.69, 9.17) is 6.42 Å². The number of benzene rings is 1. The number of amides is 1. The number of terminal acetylenes is 1. The van der Waals surface area contributed by atoms with Crippen LogP contribution in [0.15, 0.2) is 18.2 Å². The van der Waals surface area contributed by atoms with Gasteiger partial charge in [-0.2, -0.15) is 0 Å². The van der Waals surface area contributed by atoms with Gasteiger partial charge in [0.15, 0.2) is 5.78 Å². The average Bonchev–Trinajstić information content (AvgIpc) is 2.35. The van der Waals surface area contributed by atoms with E-state index in [9.17, 15) is 9.59 Å². The highest BCUT2D eigenvalue weighted by atomic mass is 16.1. The molecule has 0 heterocycles. The Morgan fingerprint density at radius 2 is 1.94 bits per heavy atom. The predicted octanol–water partition coefficient (Wildman–Crippen LogP) is 1.62. The first-order valence-electron chi connectivity index (χ1n) is 4.99. The molecule has 0 aromatic heterocycles. The van der Waals surface area contributed by atoms with Gasteiger partial charge < -0.3 is 5.32 Å². The highest BCUT2D eigenvalue weighted by Crippen LogP contribution is 2.12. The Labute approximate surface area is 94.9 Å². The summed E-state index contributed by atoms with van der Waals surface area (Å²) in [5.74, 6) is 2.16. The van der Waals surface area contributed by atoms with Crippen LogP contribution in [-0.4, -0.2) is 18.7 Å². The Hall–Kier alpha value is -2.08. The van der Waals surface area contributed by atoms with Crippen LogP contribution >= 0.6 is 0 Å². The summed E-state index contributed by atoms with van der Waals surface area (Å²) in [6.45, 7) is 1.77. The minimum Gasteiger partial charge on any atom is -0.355 e. The van der Waals surface area contributed by atoms with Crippen molar-refractivity contribution in [3.63, 3.8) is 0 Å². The number of carbonyl (C=O) groups is 2. The Balaban J connectivity index is 3.27. The van der Waals surface area contributed by atoms with Crippen molar-refractivity contribution in [3.8, 4) is 12.3 Å². The molecule has 0 saturated carbocycles. The van der Waals surface area contributed by atoms with Gasteiger partial charge >= 0.3 is 0 Å². The number of hydrogen-bond acceptors (Lipinski definition) is 2. The van der Waals surface area contributed by atoms with Crippen LogP contribution < -0.4 is 5.32 Å². The third-order valence-corrected chi connectivity index (χ3v) is 2.23. The SMILES string of the molecule is C#Cc1cc(C(=O)CC)cc(C(=O)NC)c1. The van der Waals surface area contributed by atoms with Gasteiger partial charge in [0, 0.05) is 30.2 Å². The summed E-state index contributed by atoms with van der Waals surface area (Å²) >= 11 is 0. The molecule has 0 aliphatic carbocycles. The number of Topliss-reactive ketones (excluding diaryl/α,β-unsaturated/α-hetero) is 1. The average molecular weight is 215 g/mol. The van der Waals surface area contributed by atoms with Crippen LogP contribution in [0, 0.1) is 12.3 Å². The highest BCUT2D eigenvalue weighted by molar-refractivity contribution is 6.01. The molecule has 0 spiro atoms. The fourth-order valence-corrected chi connectivity index (χ4v) is 1.35. The topological polar surface area (TPSA) is 46.2 Å². The second-order valence-corrected chi connectivity index (χ2v) is 3.30. The summed E-state index contributed by atoms with van der Waals surface area (Å²) in [7, 11) is 1.53. The quantitative estimate of drug-likeness (QED) is 0.615. The first kappa shape index (κ1) is 12.0. The Bertz CT molecular complexity index is 435. The molecule has 3 heteroatoms. The lowest BCUT2D eigenvalue weighted by Gasteiger charge is -2.04. The van der Waals surface area contributed by atoms with Crippen LogP contribution in [-0.2, 0) is 0 Å². The first-order valence-corrected chi connectivity index (χ1v) is 4.99. The number of rotatable bonds is 3. The van der Waals surface area contributed by atoms with E-state index in [0.717, 1.165) is 0 Å². The molecule has 0 fully saturated rings. The van der Waals surface area contributed by atoms with Gasteiger partial charge in [0.25, 0.3) is 5.91 Å². The molecule has 0 aliphatic heterocycles. The van der Waals surface area contributed by atoms with Crippen LogP contribution in [0.5, 0.6) is 0 Å². The number of hydrogen-bond donors (Lipinski definition) is 1. The van der Waals surface area contributed by atoms with E-state index in [1.54, 1.807) is 25.1 Å². The molecule has 0 aliphatic rings. The van der Waals surface area contributed by atoms with Gasteiger partial charge in [-0.05, 0) is 18.2 Å². The molecule has 16 heavy (non-hydrogen) atoms. The smallest absolute Gasteiger partial charge is 0.251 e. The van der Waals surface area contributed by atoms with E-state index < -0.39 is 0 Å². The van der Waals surface area contributed by atoms with Gasteiger partial charge in [-0.25, -0.2) is 0 Å². The van der Waals surface area contributed by atoms with Crippen LogP contribution in [0.4, 0.5) is 0 Å². The van der Waals surface area contributed by atoms with E-state index in [1.165, 1.54) is 7.05 Å². The highest BCUT2D eigenvalue weighted by Gasteiger charge is 2.10. The van der Waals surface area contributed by atoms with Gasteiger partial charge in [0.05, 0.1) is 0 Å². The third-order valence-electron chi connectivity index (χ3n) is 2.23. The van der Waals surface area contributed by atoms with Gasteiger partial charge in [-0.1, -0.05) is 12.8 Å². The molecule has 0 bridgehead atoms. The minimum atomic E-state index is -0.248. The molecule has 82 valence electrons. The zero-order valence-electron chi connectivity index (χ0n) is 9.33. The zero-order valence-corrected chi connectivity index (χ0v) is 9.33. The van der Waals surface area contributed by atoms with Crippen molar-refractivity contribution in [2.45, 2.75) is 13.3 Å². The monoisotopic (exact) mass is 215 g/mol. The summed E-state index contributed by atoms with van der Waals surface area (Å²) in [5.41, 5.74) is 1.43. The second kappa shape index (κ2) is 5.13. The maximum atomic E-state index is 11.5. The molecule has 1 aromatic carbocycles. The van der Waals surface area contributed by atoms with Crippen LogP contribution in [0.2, 0.25) is 0 Å². The van der Waals surface area contributed by atoms with Gasteiger partial charge in [0.2, 0.25) is 0 Å². The van der Waals surface area contributed by atoms with Gasteiger partial charge in [-0.3, -0.25) is 9.59 Å². The number of carbonyl (C=O) groups excluding carboxylic acids is 2. The van der Waals surface area contributed by atoms with E-state index in [2.05, 4.69) is 11.2 Å². The molecule has 1 rings (SSSR count). The summed E-state index contributed by atoms with van der Waals surface area (Å²) in [4.78, 5) is 23.0. The van der Waals surface area contributed by atoms with Crippen LogP contribution in [0.1, 0.15) is 39.6 Å². The van der Waals surface area contributed by atoms with E-state index >= 15 is 0 Å². The van der Waals surface area contributed by atoms with E-state index in [0.29, 0.717) is 23.1 Å². The van der Waals surface area contributed by atoms with E-state index in [-0.39, 0.29) is 11.7 Å². The molecule has 0 atom stereocenters. The standard InChI is InChI=1S/C13H13NO2/c1-4-9-6-10(12(15)5-2)8-11(7-9)13(16)14-3/h1,6-8H,5H2,2-3H3,(H,14,16). The van der Waals surface area contributed by atoms with Crippen molar-refractivity contribution >= 4 is 11.7 Å². The number of ketones is 1. The summed E-state index contributed by atoms with van der Waals surface area (Å²) in [6.07, 6.45) is 5.67. The maximum absolute atomic E-state index is 11.5. The summed E-state index contributed by atoms with van der Waals surface area (Å²) < 4.78 is 0.